The van der Waals surface area contributed by atoms with Crippen LogP contribution < -0.4 is 11.2 Å². The van der Waals surface area contributed by atoms with Crippen LogP contribution in [0.25, 0.3) is 5.69 Å². The molecule has 0 aliphatic heterocycles. The molecule has 4 nitrogen and oxygen atoms in total. The number of aromatic amines is 1. The second kappa shape index (κ2) is 5.81. The quantitative estimate of drug-likeness (QED) is 0.806. The zero-order valence-electron chi connectivity index (χ0n) is 11.6. The topological polar surface area (TPSA) is 54.9 Å². The van der Waals surface area contributed by atoms with Gasteiger partial charge in [-0.3, -0.25) is 14.3 Å². The van der Waals surface area contributed by atoms with E-state index in [1.54, 1.807) is 18.2 Å². The Balaban J connectivity index is 1.86. The molecule has 0 atom stereocenters. The first-order valence-corrected chi connectivity index (χ1v) is 6.77. The first kappa shape index (κ1) is 14.0. The van der Waals surface area contributed by atoms with E-state index in [1.165, 1.54) is 29.0 Å². The summed E-state index contributed by atoms with van der Waals surface area (Å²) in [4.78, 5) is 25.0. The van der Waals surface area contributed by atoms with Crippen LogP contribution in [-0.2, 0) is 6.42 Å². The van der Waals surface area contributed by atoms with Crippen LogP contribution in [-0.4, -0.2) is 9.55 Å². The third-order valence-electron chi connectivity index (χ3n) is 3.34. The van der Waals surface area contributed by atoms with Crippen molar-refractivity contribution in [3.63, 3.8) is 0 Å². The van der Waals surface area contributed by atoms with Crippen molar-refractivity contribution in [1.29, 1.82) is 0 Å². The number of aromatic nitrogens is 2. The lowest BCUT2D eigenvalue weighted by Crippen LogP contribution is -2.27. The van der Waals surface area contributed by atoms with Gasteiger partial charge in [0.1, 0.15) is 5.82 Å². The van der Waals surface area contributed by atoms with Crippen molar-refractivity contribution < 1.29 is 4.39 Å². The van der Waals surface area contributed by atoms with Crippen LogP contribution in [0.1, 0.15) is 11.1 Å². The van der Waals surface area contributed by atoms with E-state index >= 15 is 0 Å². The van der Waals surface area contributed by atoms with Gasteiger partial charge in [0.25, 0.3) is 5.56 Å². The molecule has 2 aromatic carbocycles. The van der Waals surface area contributed by atoms with Crippen molar-refractivity contribution in [3.8, 4) is 5.69 Å². The number of hydrogen-bond donors (Lipinski definition) is 1. The number of rotatable bonds is 3. The van der Waals surface area contributed by atoms with Crippen molar-refractivity contribution >= 4 is 0 Å². The summed E-state index contributed by atoms with van der Waals surface area (Å²) in [5.41, 5.74) is 1.64. The Morgan fingerprint density at radius 2 is 1.73 bits per heavy atom. The number of H-pyrrole nitrogens is 1. The van der Waals surface area contributed by atoms with Crippen LogP contribution in [0.4, 0.5) is 4.39 Å². The summed E-state index contributed by atoms with van der Waals surface area (Å²) in [6.07, 6.45) is 2.04. The number of halogens is 1. The highest BCUT2D eigenvalue weighted by atomic mass is 19.1. The second-order valence-electron chi connectivity index (χ2n) is 4.95. The van der Waals surface area contributed by atoms with Gasteiger partial charge in [-0.2, -0.15) is 0 Å². The summed E-state index contributed by atoms with van der Waals surface area (Å²) < 4.78 is 14.5. The monoisotopic (exact) mass is 296 g/mol. The fraction of sp³-hybridized carbons (Fsp3) is 0.0588. The van der Waals surface area contributed by atoms with Gasteiger partial charge in [-0.05, 0) is 41.8 Å². The minimum atomic E-state index is -0.481. The van der Waals surface area contributed by atoms with Crippen LogP contribution in [0.3, 0.4) is 0 Å². The maximum atomic E-state index is 13.2. The minimum Gasteiger partial charge on any atom is -0.274 e. The van der Waals surface area contributed by atoms with E-state index in [9.17, 15) is 14.0 Å². The lowest BCUT2D eigenvalue weighted by atomic mass is 10.0. The number of hydrogen-bond acceptors (Lipinski definition) is 2. The van der Waals surface area contributed by atoms with Crippen molar-refractivity contribution in [3.05, 3.63) is 98.6 Å². The van der Waals surface area contributed by atoms with Crippen LogP contribution in [0.15, 0.2) is 70.4 Å². The summed E-state index contributed by atoms with van der Waals surface area (Å²) in [6, 6.07) is 15.1. The highest BCUT2D eigenvalue weighted by Crippen LogP contribution is 2.13. The molecular weight excluding hydrogens is 283 g/mol. The van der Waals surface area contributed by atoms with E-state index in [0.29, 0.717) is 12.1 Å². The van der Waals surface area contributed by atoms with Crippen LogP contribution >= 0.6 is 0 Å². The zero-order chi connectivity index (χ0) is 15.5. The van der Waals surface area contributed by atoms with Crippen LogP contribution in [0.5, 0.6) is 0 Å². The fourth-order valence-corrected chi connectivity index (χ4v) is 2.28. The molecule has 1 heterocycles. The van der Waals surface area contributed by atoms with Gasteiger partial charge >= 0.3 is 5.69 Å². The van der Waals surface area contributed by atoms with Gasteiger partial charge in [0, 0.05) is 12.3 Å². The maximum absolute atomic E-state index is 13.2. The fourth-order valence-electron chi connectivity index (χ4n) is 2.28. The van der Waals surface area contributed by atoms with Gasteiger partial charge in [-0.15, -0.1) is 0 Å². The second-order valence-corrected chi connectivity index (χ2v) is 4.95. The summed E-state index contributed by atoms with van der Waals surface area (Å²) >= 11 is 0. The Bertz CT molecular complexity index is 911. The minimum absolute atomic E-state index is 0.256. The Kier molecular flexibility index (Phi) is 3.70. The van der Waals surface area contributed by atoms with Gasteiger partial charge in [0.05, 0.1) is 5.69 Å². The molecule has 0 spiro atoms. The summed E-state index contributed by atoms with van der Waals surface area (Å²) in [7, 11) is 0. The van der Waals surface area contributed by atoms with Crippen LogP contribution in [0.2, 0.25) is 0 Å². The Hall–Kier alpha value is -2.95. The van der Waals surface area contributed by atoms with Gasteiger partial charge in [0.2, 0.25) is 0 Å². The molecule has 0 unspecified atom stereocenters. The summed E-state index contributed by atoms with van der Waals surface area (Å²) in [6.45, 7) is 0. The molecule has 0 bridgehead atoms. The Morgan fingerprint density at radius 1 is 0.955 bits per heavy atom. The molecule has 1 N–H and O–H groups in total. The van der Waals surface area contributed by atoms with E-state index < -0.39 is 11.2 Å². The lowest BCUT2D eigenvalue weighted by molar-refractivity contribution is 0.626. The molecule has 0 amide bonds. The lowest BCUT2D eigenvalue weighted by Gasteiger charge is -2.06. The standard InChI is InChI=1S/C17H13FN2O2/c18-14-3-1-2-13(11-14)10-12-4-6-15(7-5-12)20-9-8-16(21)19-17(20)22/h1-9,11H,10H2,(H,19,21,22). The van der Waals surface area contributed by atoms with Crippen molar-refractivity contribution in [2.75, 3.05) is 0 Å². The van der Waals surface area contributed by atoms with Gasteiger partial charge in [-0.1, -0.05) is 24.3 Å². The largest absolute Gasteiger partial charge is 0.332 e. The predicted molar refractivity (Wildman–Crippen MR) is 81.9 cm³/mol. The first-order valence-electron chi connectivity index (χ1n) is 6.77. The van der Waals surface area contributed by atoms with Crippen molar-refractivity contribution in [2.24, 2.45) is 0 Å². The SMILES string of the molecule is O=c1ccn(-c2ccc(Cc3cccc(F)c3)cc2)c(=O)[nH]1. The summed E-state index contributed by atoms with van der Waals surface area (Å²) in [5, 5.41) is 0. The average molecular weight is 296 g/mol. The maximum Gasteiger partial charge on any atom is 0.332 e. The molecule has 0 aliphatic carbocycles. The molecule has 0 fully saturated rings. The molecule has 110 valence electrons. The highest BCUT2D eigenvalue weighted by Gasteiger charge is 2.02. The van der Waals surface area contributed by atoms with E-state index in [0.717, 1.165) is 11.1 Å². The van der Waals surface area contributed by atoms with Gasteiger partial charge < -0.3 is 0 Å². The Morgan fingerprint density at radius 3 is 2.41 bits per heavy atom. The zero-order valence-corrected chi connectivity index (χ0v) is 11.6. The van der Waals surface area contributed by atoms with Crippen LogP contribution in [0, 0.1) is 5.82 Å². The molecule has 0 aliphatic rings. The average Bonchev–Trinajstić information content (AvgIpc) is 2.48. The highest BCUT2D eigenvalue weighted by molar-refractivity contribution is 5.36. The smallest absolute Gasteiger partial charge is 0.274 e. The van der Waals surface area contributed by atoms with E-state index in [-0.39, 0.29) is 5.82 Å². The number of nitrogens with zero attached hydrogens (tertiary/aromatic N) is 1. The van der Waals surface area contributed by atoms with E-state index in [1.807, 2.05) is 18.2 Å². The molecule has 1 aromatic heterocycles. The predicted octanol–water partition coefficient (Wildman–Crippen LogP) is 2.26. The molecule has 3 aromatic rings. The van der Waals surface area contributed by atoms with Gasteiger partial charge in [-0.25, -0.2) is 9.18 Å². The number of nitrogens with one attached hydrogen (secondary N) is 1. The molecule has 0 saturated heterocycles. The molecule has 0 radical (unpaired) electrons. The molecule has 22 heavy (non-hydrogen) atoms. The normalized spacial score (nSPS) is 10.6. The van der Waals surface area contributed by atoms with Crippen molar-refractivity contribution in [1.82, 2.24) is 9.55 Å². The number of benzene rings is 2. The molecular formula is C17H13FN2O2. The van der Waals surface area contributed by atoms with Crippen molar-refractivity contribution in [2.45, 2.75) is 6.42 Å². The Labute approximate surface area is 125 Å². The van der Waals surface area contributed by atoms with E-state index in [2.05, 4.69) is 4.98 Å². The molecule has 3 rings (SSSR count). The van der Waals surface area contributed by atoms with E-state index in [4.69, 9.17) is 0 Å². The third kappa shape index (κ3) is 3.03. The third-order valence-corrected chi connectivity index (χ3v) is 3.34. The summed E-state index contributed by atoms with van der Waals surface area (Å²) in [5.74, 6) is -0.256. The van der Waals surface area contributed by atoms with Gasteiger partial charge in [0.15, 0.2) is 0 Å². The molecule has 5 heteroatoms. The first-order chi connectivity index (χ1) is 10.6. The molecule has 0 saturated carbocycles.